The number of rotatable bonds is 5. The molecule has 1 saturated heterocycles. The summed E-state index contributed by atoms with van der Waals surface area (Å²) in [4.78, 5) is 11.7. The van der Waals surface area contributed by atoms with Crippen molar-refractivity contribution in [3.8, 4) is 11.5 Å². The van der Waals surface area contributed by atoms with E-state index in [4.69, 9.17) is 9.72 Å². The van der Waals surface area contributed by atoms with Gasteiger partial charge in [-0.05, 0) is 56.2 Å². The van der Waals surface area contributed by atoms with Crippen molar-refractivity contribution in [3.05, 3.63) is 66.4 Å². The van der Waals surface area contributed by atoms with Crippen molar-refractivity contribution in [3.63, 3.8) is 0 Å². The van der Waals surface area contributed by atoms with Crippen LogP contribution in [0.15, 0.2) is 60.7 Å². The normalized spacial score (nSPS) is 14.4. The second-order valence-corrected chi connectivity index (χ2v) is 7.16. The summed E-state index contributed by atoms with van der Waals surface area (Å²) in [6.07, 6.45) is 5.08. The van der Waals surface area contributed by atoms with Crippen LogP contribution in [0.2, 0.25) is 0 Å². The fraction of sp³-hybridized carbons (Fsp3) is 0.304. The van der Waals surface area contributed by atoms with Gasteiger partial charge in [0.15, 0.2) is 0 Å². The minimum absolute atomic E-state index is 0.635. The van der Waals surface area contributed by atoms with E-state index in [2.05, 4.69) is 21.3 Å². The minimum atomic E-state index is 0.635. The largest absolute Gasteiger partial charge is 0.457 e. The molecule has 0 saturated carbocycles. The highest BCUT2D eigenvalue weighted by atomic mass is 16.5. The first-order valence-corrected chi connectivity index (χ1v) is 9.97. The van der Waals surface area contributed by atoms with Gasteiger partial charge in [0.1, 0.15) is 17.3 Å². The van der Waals surface area contributed by atoms with Crippen LogP contribution in [0.25, 0.3) is 0 Å². The van der Waals surface area contributed by atoms with Gasteiger partial charge < -0.3 is 15.0 Å². The molecule has 1 N–H and O–H groups in total. The van der Waals surface area contributed by atoms with Gasteiger partial charge in [-0.3, -0.25) is 0 Å². The molecule has 0 amide bonds. The number of hydrogen-bond donors (Lipinski definition) is 1. The molecule has 2 heterocycles. The molecule has 144 valence electrons. The maximum absolute atomic E-state index is 5.85. The quantitative estimate of drug-likeness (QED) is 0.621. The number of nitrogens with zero attached hydrogens (tertiary/aromatic N) is 3. The highest BCUT2D eigenvalue weighted by molar-refractivity contribution is 5.57. The van der Waals surface area contributed by atoms with Gasteiger partial charge in [0.2, 0.25) is 5.95 Å². The van der Waals surface area contributed by atoms with E-state index in [1.807, 2.05) is 61.5 Å². The second kappa shape index (κ2) is 8.74. The lowest BCUT2D eigenvalue weighted by molar-refractivity contribution is 0.483. The Balaban J connectivity index is 1.46. The Kier molecular flexibility index (Phi) is 5.71. The lowest BCUT2D eigenvalue weighted by Crippen LogP contribution is -2.25. The van der Waals surface area contributed by atoms with E-state index in [1.165, 1.54) is 25.7 Å². The van der Waals surface area contributed by atoms with Crippen molar-refractivity contribution in [1.82, 2.24) is 9.97 Å². The summed E-state index contributed by atoms with van der Waals surface area (Å²) >= 11 is 0. The van der Waals surface area contributed by atoms with Crippen molar-refractivity contribution in [2.45, 2.75) is 32.6 Å². The summed E-state index contributed by atoms with van der Waals surface area (Å²) in [6.45, 7) is 4.16. The molecule has 0 atom stereocenters. The van der Waals surface area contributed by atoms with Gasteiger partial charge in [-0.2, -0.15) is 4.98 Å². The zero-order valence-electron chi connectivity index (χ0n) is 16.3. The smallest absolute Gasteiger partial charge is 0.229 e. The number of ether oxygens (including phenoxy) is 1. The lowest BCUT2D eigenvalue weighted by Gasteiger charge is -2.22. The summed E-state index contributed by atoms with van der Waals surface area (Å²) in [6, 6.07) is 19.7. The number of aromatic nitrogens is 2. The highest BCUT2D eigenvalue weighted by Gasteiger charge is 2.13. The van der Waals surface area contributed by atoms with E-state index in [-0.39, 0.29) is 0 Å². The van der Waals surface area contributed by atoms with E-state index < -0.39 is 0 Å². The molecule has 0 radical (unpaired) electrons. The van der Waals surface area contributed by atoms with Crippen molar-refractivity contribution < 1.29 is 4.74 Å². The molecule has 2 aromatic carbocycles. The number of nitrogens with one attached hydrogen (secondary N) is 1. The summed E-state index contributed by atoms with van der Waals surface area (Å²) in [5, 5.41) is 3.33. The van der Waals surface area contributed by atoms with Crippen LogP contribution >= 0.6 is 0 Å². The molecule has 0 aliphatic carbocycles. The fourth-order valence-corrected chi connectivity index (χ4v) is 3.43. The summed E-state index contributed by atoms with van der Waals surface area (Å²) in [5.74, 6) is 3.27. The first kappa shape index (κ1) is 18.3. The molecule has 28 heavy (non-hydrogen) atoms. The third-order valence-electron chi connectivity index (χ3n) is 4.86. The van der Waals surface area contributed by atoms with E-state index in [9.17, 15) is 0 Å². The van der Waals surface area contributed by atoms with Crippen molar-refractivity contribution in [2.24, 2.45) is 0 Å². The molecule has 1 aromatic heterocycles. The lowest BCUT2D eigenvalue weighted by atomic mass is 10.2. The van der Waals surface area contributed by atoms with E-state index in [0.29, 0.717) is 5.95 Å². The van der Waals surface area contributed by atoms with Gasteiger partial charge in [0.05, 0.1) is 0 Å². The van der Waals surface area contributed by atoms with Gasteiger partial charge >= 0.3 is 0 Å². The summed E-state index contributed by atoms with van der Waals surface area (Å²) in [5.41, 5.74) is 1.91. The molecule has 5 nitrogen and oxygen atoms in total. The number of para-hydroxylation sites is 1. The third-order valence-corrected chi connectivity index (χ3v) is 4.86. The Bertz CT molecular complexity index is 888. The van der Waals surface area contributed by atoms with Crippen LogP contribution in [0.5, 0.6) is 11.5 Å². The Morgan fingerprint density at radius 2 is 1.50 bits per heavy atom. The SMILES string of the molecule is Cc1cc(N2CCCCCC2)nc(Nc2ccc(Oc3ccccc3)cc2)n1. The zero-order valence-corrected chi connectivity index (χ0v) is 16.3. The molecule has 1 fully saturated rings. The predicted molar refractivity (Wildman–Crippen MR) is 114 cm³/mol. The van der Waals surface area contributed by atoms with Crippen LogP contribution in [-0.4, -0.2) is 23.1 Å². The predicted octanol–water partition coefficient (Wildman–Crippen LogP) is 5.70. The number of hydrogen-bond acceptors (Lipinski definition) is 5. The topological polar surface area (TPSA) is 50.3 Å². The van der Waals surface area contributed by atoms with Gasteiger partial charge in [0.25, 0.3) is 0 Å². The van der Waals surface area contributed by atoms with E-state index in [0.717, 1.165) is 41.8 Å². The average molecular weight is 374 g/mol. The number of aryl methyl sites for hydroxylation is 1. The minimum Gasteiger partial charge on any atom is -0.457 e. The molecule has 0 bridgehead atoms. The fourth-order valence-electron chi connectivity index (χ4n) is 3.43. The van der Waals surface area contributed by atoms with Gasteiger partial charge in [-0.25, -0.2) is 4.98 Å². The highest BCUT2D eigenvalue weighted by Crippen LogP contribution is 2.25. The first-order chi connectivity index (χ1) is 13.8. The molecular weight excluding hydrogens is 348 g/mol. The maximum atomic E-state index is 5.85. The number of anilines is 3. The van der Waals surface area contributed by atoms with Crippen molar-refractivity contribution >= 4 is 17.5 Å². The molecule has 0 unspecified atom stereocenters. The van der Waals surface area contributed by atoms with Gasteiger partial charge in [0, 0.05) is 30.5 Å². The molecule has 1 aliphatic heterocycles. The third kappa shape index (κ3) is 4.80. The van der Waals surface area contributed by atoms with Crippen LogP contribution in [0.3, 0.4) is 0 Å². The summed E-state index contributed by atoms with van der Waals surface area (Å²) in [7, 11) is 0. The molecule has 0 spiro atoms. The van der Waals surface area contributed by atoms with Gasteiger partial charge in [-0.15, -0.1) is 0 Å². The molecule has 5 heteroatoms. The van der Waals surface area contributed by atoms with E-state index in [1.54, 1.807) is 0 Å². The van der Waals surface area contributed by atoms with Crippen molar-refractivity contribution in [2.75, 3.05) is 23.3 Å². The first-order valence-electron chi connectivity index (χ1n) is 9.97. The van der Waals surface area contributed by atoms with Crippen LogP contribution in [-0.2, 0) is 0 Å². The van der Waals surface area contributed by atoms with Crippen LogP contribution in [0.4, 0.5) is 17.5 Å². The van der Waals surface area contributed by atoms with Crippen LogP contribution < -0.4 is 15.0 Å². The van der Waals surface area contributed by atoms with Crippen LogP contribution in [0, 0.1) is 6.92 Å². The average Bonchev–Trinajstić information content (AvgIpc) is 3.00. The Morgan fingerprint density at radius 3 is 2.21 bits per heavy atom. The van der Waals surface area contributed by atoms with Crippen molar-refractivity contribution in [1.29, 1.82) is 0 Å². The molecule has 4 rings (SSSR count). The monoisotopic (exact) mass is 374 g/mol. The van der Waals surface area contributed by atoms with Gasteiger partial charge in [-0.1, -0.05) is 31.0 Å². The summed E-state index contributed by atoms with van der Waals surface area (Å²) < 4.78 is 5.85. The standard InChI is InChI=1S/C23H26N4O/c1-18-17-22(27-15-7-2-3-8-16-27)26-23(24-18)25-19-11-13-21(14-12-19)28-20-9-5-4-6-10-20/h4-6,9-14,17H,2-3,7-8,15-16H2,1H3,(H,24,25,26). The molecule has 3 aromatic rings. The number of benzene rings is 2. The molecule has 1 aliphatic rings. The van der Waals surface area contributed by atoms with Crippen LogP contribution in [0.1, 0.15) is 31.4 Å². The Labute approximate surface area is 166 Å². The zero-order chi connectivity index (χ0) is 19.2. The van der Waals surface area contributed by atoms with E-state index >= 15 is 0 Å². The molecular formula is C23H26N4O. The second-order valence-electron chi connectivity index (χ2n) is 7.16. The Hall–Kier alpha value is -3.08. The maximum Gasteiger partial charge on any atom is 0.229 e. The Morgan fingerprint density at radius 1 is 0.821 bits per heavy atom.